The predicted molar refractivity (Wildman–Crippen MR) is 159 cm³/mol. The average molecular weight is 551 g/mol. The second kappa shape index (κ2) is 13.9. The Bertz CT molecular complexity index is 1510. The number of benzene rings is 4. The van der Waals surface area contributed by atoms with Crippen LogP contribution in [0.3, 0.4) is 0 Å². The molecule has 0 atom stereocenters. The van der Waals surface area contributed by atoms with Gasteiger partial charge in [-0.25, -0.2) is 0 Å². The van der Waals surface area contributed by atoms with Crippen molar-refractivity contribution in [2.75, 3.05) is 20.2 Å². The van der Waals surface area contributed by atoms with Gasteiger partial charge in [-0.3, -0.25) is 14.4 Å². The van der Waals surface area contributed by atoms with Crippen LogP contribution >= 0.6 is 0 Å². The van der Waals surface area contributed by atoms with Gasteiger partial charge in [-0.15, -0.1) is 0 Å². The fourth-order valence-electron chi connectivity index (χ4n) is 4.61. The Morgan fingerprint density at radius 2 is 1.44 bits per heavy atom. The van der Waals surface area contributed by atoms with Crippen LogP contribution in [-0.4, -0.2) is 48.0 Å². The monoisotopic (exact) mass is 550 g/mol. The number of hydrogen-bond acceptors (Lipinski definition) is 4. The quantitative estimate of drug-likeness (QED) is 0.234. The number of carbonyl (C=O) groups excluding carboxylic acids is 2. The largest absolute Gasteiger partial charge is 0.497 e. The van der Waals surface area contributed by atoms with Crippen LogP contribution in [0.15, 0.2) is 97.1 Å². The fourth-order valence-corrected chi connectivity index (χ4v) is 4.61. The lowest BCUT2D eigenvalue weighted by Gasteiger charge is -2.24. The molecule has 0 fully saturated rings. The highest BCUT2D eigenvalue weighted by atomic mass is 16.5. The van der Waals surface area contributed by atoms with Crippen molar-refractivity contribution >= 4 is 17.8 Å². The summed E-state index contributed by atoms with van der Waals surface area (Å²) in [6, 6.07) is 29.9. The molecule has 0 aromatic heterocycles. The van der Waals surface area contributed by atoms with Gasteiger partial charge >= 0.3 is 5.97 Å². The third-order valence-corrected chi connectivity index (χ3v) is 6.88. The van der Waals surface area contributed by atoms with Gasteiger partial charge in [0, 0.05) is 30.8 Å². The van der Waals surface area contributed by atoms with Gasteiger partial charge < -0.3 is 20.1 Å². The van der Waals surface area contributed by atoms with Crippen molar-refractivity contribution in [3.8, 4) is 16.9 Å². The van der Waals surface area contributed by atoms with E-state index in [0.717, 1.165) is 16.7 Å². The zero-order valence-electron chi connectivity index (χ0n) is 23.3. The second-order valence-corrected chi connectivity index (χ2v) is 9.80. The smallest absolute Gasteiger partial charge is 0.305 e. The molecule has 7 heteroatoms. The molecule has 0 radical (unpaired) electrons. The Balaban J connectivity index is 1.60. The minimum absolute atomic E-state index is 0.0607. The Hall–Kier alpha value is -4.91. The molecule has 2 amide bonds. The van der Waals surface area contributed by atoms with Crippen LogP contribution in [0, 0.1) is 6.92 Å². The lowest BCUT2D eigenvalue weighted by atomic mass is 9.94. The molecular formula is C34H34N2O5. The van der Waals surface area contributed by atoms with Crippen LogP contribution in [0.1, 0.15) is 43.8 Å². The van der Waals surface area contributed by atoms with Crippen LogP contribution in [0.2, 0.25) is 0 Å². The number of aliphatic carboxylic acids is 1. The summed E-state index contributed by atoms with van der Waals surface area (Å²) in [5.41, 5.74) is 5.20. The number of carbonyl (C=O) groups is 3. The molecule has 7 nitrogen and oxygen atoms in total. The van der Waals surface area contributed by atoms with Gasteiger partial charge in [0.05, 0.1) is 13.5 Å². The normalized spacial score (nSPS) is 10.6. The third kappa shape index (κ3) is 7.82. The fraction of sp³-hybridized carbons (Fsp3) is 0.206. The maximum Gasteiger partial charge on any atom is 0.305 e. The molecule has 0 saturated carbocycles. The first-order valence-electron chi connectivity index (χ1n) is 13.5. The van der Waals surface area contributed by atoms with Crippen molar-refractivity contribution in [3.63, 3.8) is 0 Å². The third-order valence-electron chi connectivity index (χ3n) is 6.88. The van der Waals surface area contributed by atoms with Gasteiger partial charge in [-0.1, -0.05) is 78.4 Å². The van der Waals surface area contributed by atoms with Crippen LogP contribution in [0.5, 0.6) is 5.75 Å². The molecule has 0 bridgehead atoms. The number of nitrogens with one attached hydrogen (secondary N) is 1. The van der Waals surface area contributed by atoms with E-state index in [0.29, 0.717) is 47.5 Å². The van der Waals surface area contributed by atoms with Crippen molar-refractivity contribution in [1.82, 2.24) is 10.2 Å². The summed E-state index contributed by atoms with van der Waals surface area (Å²) in [6.45, 7) is 2.78. The number of carboxylic acid groups (broad SMARTS) is 1. The zero-order valence-corrected chi connectivity index (χ0v) is 23.3. The number of methoxy groups -OCH3 is 1. The minimum Gasteiger partial charge on any atom is -0.497 e. The van der Waals surface area contributed by atoms with Crippen LogP contribution in [0.4, 0.5) is 0 Å². The van der Waals surface area contributed by atoms with E-state index >= 15 is 0 Å². The van der Waals surface area contributed by atoms with E-state index in [1.165, 1.54) is 0 Å². The molecule has 210 valence electrons. The first-order valence-corrected chi connectivity index (χ1v) is 13.5. The number of rotatable bonds is 12. The van der Waals surface area contributed by atoms with E-state index in [9.17, 15) is 19.5 Å². The van der Waals surface area contributed by atoms with Crippen LogP contribution in [-0.2, 0) is 17.8 Å². The Morgan fingerprint density at radius 3 is 2.12 bits per heavy atom. The maximum absolute atomic E-state index is 13.9. The summed E-state index contributed by atoms with van der Waals surface area (Å²) in [6.07, 6.45) is 0.354. The standard InChI is InChI=1S/C34H34N2O5/c1-24-14-16-26(17-15-24)23-35-33(39)30-12-5-3-10-28(30)29-11-4-6-13-31(29)34(40)36(21-19-32(37)38)20-18-25-8-7-9-27(22-25)41-2/h3-17,22H,18-21,23H2,1-2H3,(H,35,39)(H,37,38). The van der Waals surface area contributed by atoms with Crippen molar-refractivity contribution < 1.29 is 24.2 Å². The highest BCUT2D eigenvalue weighted by molar-refractivity contribution is 6.06. The van der Waals surface area contributed by atoms with Crippen molar-refractivity contribution in [3.05, 3.63) is 125 Å². The number of nitrogens with zero attached hydrogens (tertiary/aromatic N) is 1. The molecule has 0 heterocycles. The molecule has 0 aliphatic heterocycles. The lowest BCUT2D eigenvalue weighted by Crippen LogP contribution is -2.35. The van der Waals surface area contributed by atoms with E-state index in [1.54, 1.807) is 36.3 Å². The number of hydrogen-bond donors (Lipinski definition) is 2. The SMILES string of the molecule is COc1cccc(CCN(CCC(=O)O)C(=O)c2ccccc2-c2ccccc2C(=O)NCc2ccc(C)cc2)c1. The number of aryl methyl sites for hydroxylation is 1. The summed E-state index contributed by atoms with van der Waals surface area (Å²) < 4.78 is 5.31. The van der Waals surface area contributed by atoms with E-state index in [1.807, 2.05) is 79.7 Å². The molecule has 0 saturated heterocycles. The number of amides is 2. The topological polar surface area (TPSA) is 95.9 Å². The van der Waals surface area contributed by atoms with Gasteiger partial charge in [0.25, 0.3) is 11.8 Å². The van der Waals surface area contributed by atoms with Crippen molar-refractivity contribution in [2.24, 2.45) is 0 Å². The van der Waals surface area contributed by atoms with E-state index < -0.39 is 5.97 Å². The zero-order chi connectivity index (χ0) is 29.2. The molecule has 41 heavy (non-hydrogen) atoms. The van der Waals surface area contributed by atoms with E-state index in [4.69, 9.17) is 4.74 Å². The molecule has 0 aliphatic carbocycles. The van der Waals surface area contributed by atoms with Gasteiger partial charge in [0.2, 0.25) is 0 Å². The molecular weight excluding hydrogens is 516 g/mol. The summed E-state index contributed by atoms with van der Waals surface area (Å²) in [5.74, 6) is -0.801. The Kier molecular flexibility index (Phi) is 9.89. The van der Waals surface area contributed by atoms with E-state index in [2.05, 4.69) is 5.32 Å². The lowest BCUT2D eigenvalue weighted by molar-refractivity contribution is -0.137. The minimum atomic E-state index is -0.979. The van der Waals surface area contributed by atoms with E-state index in [-0.39, 0.29) is 24.8 Å². The summed E-state index contributed by atoms with van der Waals surface area (Å²) >= 11 is 0. The average Bonchev–Trinajstić information content (AvgIpc) is 3.00. The molecule has 0 spiro atoms. The van der Waals surface area contributed by atoms with Gasteiger partial charge in [0.1, 0.15) is 5.75 Å². The van der Waals surface area contributed by atoms with Crippen molar-refractivity contribution in [2.45, 2.75) is 26.3 Å². The summed E-state index contributed by atoms with van der Waals surface area (Å²) in [7, 11) is 1.60. The first kappa shape index (κ1) is 29.1. The predicted octanol–water partition coefficient (Wildman–Crippen LogP) is 5.76. The highest BCUT2D eigenvalue weighted by Gasteiger charge is 2.22. The number of carboxylic acids is 1. The molecule has 4 aromatic rings. The summed E-state index contributed by atoms with van der Waals surface area (Å²) in [5, 5.41) is 12.3. The second-order valence-electron chi connectivity index (χ2n) is 9.80. The van der Waals surface area contributed by atoms with Crippen LogP contribution < -0.4 is 10.1 Å². The molecule has 0 aliphatic rings. The maximum atomic E-state index is 13.9. The highest BCUT2D eigenvalue weighted by Crippen LogP contribution is 2.28. The molecule has 2 N–H and O–H groups in total. The molecule has 0 unspecified atom stereocenters. The molecule has 4 rings (SSSR count). The summed E-state index contributed by atoms with van der Waals surface area (Å²) in [4.78, 5) is 40.2. The van der Waals surface area contributed by atoms with Gasteiger partial charge in [-0.2, -0.15) is 0 Å². The Labute approximate surface area is 240 Å². The van der Waals surface area contributed by atoms with Crippen molar-refractivity contribution in [1.29, 1.82) is 0 Å². The first-order chi connectivity index (χ1) is 19.9. The van der Waals surface area contributed by atoms with Gasteiger partial charge in [0.15, 0.2) is 0 Å². The Morgan fingerprint density at radius 1 is 0.780 bits per heavy atom. The van der Waals surface area contributed by atoms with Crippen LogP contribution in [0.25, 0.3) is 11.1 Å². The number of ether oxygens (including phenoxy) is 1. The molecule has 4 aromatic carbocycles. The van der Waals surface area contributed by atoms with Gasteiger partial charge in [-0.05, 0) is 59.9 Å².